The number of rotatable bonds is 2. The number of methoxy groups -OCH3 is 1. The molecule has 0 radical (unpaired) electrons. The summed E-state index contributed by atoms with van der Waals surface area (Å²) in [5.74, 6) is -1.44. The van der Waals surface area contributed by atoms with Gasteiger partial charge in [0.25, 0.3) is 0 Å². The van der Waals surface area contributed by atoms with Gasteiger partial charge in [-0.25, -0.2) is 9.78 Å². The summed E-state index contributed by atoms with van der Waals surface area (Å²) in [4.78, 5) is 26.0. The molecule has 0 saturated carbocycles. The van der Waals surface area contributed by atoms with Gasteiger partial charge in [0, 0.05) is 12.1 Å². The molecule has 82 valence electrons. The van der Waals surface area contributed by atoms with Crippen molar-refractivity contribution < 1.29 is 19.1 Å². The second-order valence-electron chi connectivity index (χ2n) is 2.98. The van der Waals surface area contributed by atoms with Crippen molar-refractivity contribution >= 4 is 17.1 Å². The second kappa shape index (κ2) is 3.65. The van der Waals surface area contributed by atoms with Crippen LogP contribution in [0.2, 0.25) is 0 Å². The minimum atomic E-state index is -1.30. The Morgan fingerprint density at radius 3 is 2.88 bits per heavy atom. The summed E-state index contributed by atoms with van der Waals surface area (Å²) in [7, 11) is 1.42. The van der Waals surface area contributed by atoms with Crippen LogP contribution in [-0.2, 0) is 0 Å². The molecule has 0 aliphatic heterocycles. The molecule has 2 heterocycles. The maximum atomic E-state index is 11.5. The van der Waals surface area contributed by atoms with Gasteiger partial charge in [0.1, 0.15) is 0 Å². The normalized spacial score (nSPS) is 10.3. The Hall–Kier alpha value is -2.37. The first-order valence-corrected chi connectivity index (χ1v) is 4.34. The molecule has 6 heteroatoms. The maximum absolute atomic E-state index is 11.5. The predicted molar refractivity (Wildman–Crippen MR) is 53.8 cm³/mol. The van der Waals surface area contributed by atoms with Crippen LogP contribution in [0.5, 0.6) is 5.88 Å². The second-order valence-corrected chi connectivity index (χ2v) is 2.98. The van der Waals surface area contributed by atoms with E-state index in [0.717, 1.165) is 6.07 Å². The maximum Gasteiger partial charge on any atom is 0.371 e. The highest BCUT2D eigenvalue weighted by Crippen LogP contribution is 2.14. The van der Waals surface area contributed by atoms with Gasteiger partial charge in [-0.15, -0.1) is 0 Å². The molecular formula is C10H7NO5. The van der Waals surface area contributed by atoms with Crippen LogP contribution in [0.4, 0.5) is 0 Å². The fraction of sp³-hybridized carbons (Fsp3) is 0.100. The summed E-state index contributed by atoms with van der Waals surface area (Å²) in [6, 6.07) is 3.81. The monoisotopic (exact) mass is 221 g/mol. The Morgan fingerprint density at radius 2 is 2.25 bits per heavy atom. The van der Waals surface area contributed by atoms with Gasteiger partial charge in [-0.3, -0.25) is 4.79 Å². The number of hydrogen-bond donors (Lipinski definition) is 1. The van der Waals surface area contributed by atoms with Crippen LogP contribution in [0.1, 0.15) is 10.6 Å². The zero-order valence-corrected chi connectivity index (χ0v) is 8.26. The third-order valence-electron chi connectivity index (χ3n) is 1.97. The first kappa shape index (κ1) is 10.2. The van der Waals surface area contributed by atoms with Gasteiger partial charge in [-0.1, -0.05) is 0 Å². The summed E-state index contributed by atoms with van der Waals surface area (Å²) in [5.41, 5.74) is -0.354. The molecule has 6 nitrogen and oxygen atoms in total. The Kier molecular flexibility index (Phi) is 2.32. The van der Waals surface area contributed by atoms with Gasteiger partial charge >= 0.3 is 5.97 Å². The van der Waals surface area contributed by atoms with Crippen molar-refractivity contribution in [1.29, 1.82) is 0 Å². The fourth-order valence-electron chi connectivity index (χ4n) is 1.24. The number of aromatic nitrogens is 1. The number of pyridine rings is 1. The van der Waals surface area contributed by atoms with Crippen molar-refractivity contribution in [1.82, 2.24) is 4.98 Å². The first-order valence-electron chi connectivity index (χ1n) is 4.34. The largest absolute Gasteiger partial charge is 0.481 e. The number of carbonyl (C=O) groups is 1. The van der Waals surface area contributed by atoms with Crippen molar-refractivity contribution in [3.63, 3.8) is 0 Å². The van der Waals surface area contributed by atoms with Crippen LogP contribution < -0.4 is 10.2 Å². The van der Waals surface area contributed by atoms with Crippen LogP contribution in [-0.4, -0.2) is 23.2 Å². The number of carboxylic acid groups (broad SMARTS) is 1. The zero-order chi connectivity index (χ0) is 11.7. The lowest BCUT2D eigenvalue weighted by Crippen LogP contribution is -2.08. The third kappa shape index (κ3) is 1.60. The van der Waals surface area contributed by atoms with Gasteiger partial charge < -0.3 is 14.3 Å². The molecule has 1 N–H and O–H groups in total. The van der Waals surface area contributed by atoms with E-state index in [-0.39, 0.29) is 17.0 Å². The summed E-state index contributed by atoms with van der Waals surface area (Å²) in [5, 5.41) is 8.69. The molecule has 2 rings (SSSR count). The summed E-state index contributed by atoms with van der Waals surface area (Å²) < 4.78 is 9.83. The minimum absolute atomic E-state index is 0.0457. The van der Waals surface area contributed by atoms with Crippen LogP contribution >= 0.6 is 0 Å². The summed E-state index contributed by atoms with van der Waals surface area (Å²) in [6.07, 6.45) is 0. The molecule has 0 amide bonds. The van der Waals surface area contributed by atoms with E-state index in [9.17, 15) is 9.59 Å². The molecular weight excluding hydrogens is 214 g/mol. The van der Waals surface area contributed by atoms with E-state index < -0.39 is 17.2 Å². The molecule has 0 aromatic carbocycles. The van der Waals surface area contributed by atoms with E-state index in [0.29, 0.717) is 0 Å². The van der Waals surface area contributed by atoms with E-state index >= 15 is 0 Å². The van der Waals surface area contributed by atoms with Gasteiger partial charge in [0.2, 0.25) is 17.1 Å². The Labute approximate surface area is 89.1 Å². The molecule has 0 bridgehead atoms. The lowest BCUT2D eigenvalue weighted by Gasteiger charge is -2.00. The lowest BCUT2D eigenvalue weighted by atomic mass is 10.3. The van der Waals surface area contributed by atoms with E-state index in [1.165, 1.54) is 19.2 Å². The van der Waals surface area contributed by atoms with E-state index in [2.05, 4.69) is 4.98 Å². The molecule has 0 saturated heterocycles. The smallest absolute Gasteiger partial charge is 0.371 e. The van der Waals surface area contributed by atoms with Gasteiger partial charge in [0.05, 0.1) is 7.11 Å². The van der Waals surface area contributed by atoms with Gasteiger partial charge in [0.15, 0.2) is 11.1 Å². The highest BCUT2D eigenvalue weighted by atomic mass is 16.5. The molecule has 0 unspecified atom stereocenters. The summed E-state index contributed by atoms with van der Waals surface area (Å²) >= 11 is 0. The van der Waals surface area contributed by atoms with Crippen LogP contribution in [0, 0.1) is 0 Å². The standard InChI is InChI=1S/C10H7NO5/c1-15-8-3-2-6-9(11-8)5(12)4-7(16-6)10(13)14/h2-4H,1H3,(H,13,14). The number of hydrogen-bond acceptors (Lipinski definition) is 5. The predicted octanol–water partition coefficient (Wildman–Crippen LogP) is 0.895. The molecule has 0 aliphatic rings. The summed E-state index contributed by atoms with van der Waals surface area (Å²) in [6.45, 7) is 0. The molecule has 0 fully saturated rings. The fourth-order valence-corrected chi connectivity index (χ4v) is 1.24. The number of fused-ring (bicyclic) bond motifs is 1. The lowest BCUT2D eigenvalue weighted by molar-refractivity contribution is 0.0663. The van der Waals surface area contributed by atoms with Crippen molar-refractivity contribution in [2.24, 2.45) is 0 Å². The Morgan fingerprint density at radius 1 is 1.50 bits per heavy atom. The average Bonchev–Trinajstić information content (AvgIpc) is 2.28. The van der Waals surface area contributed by atoms with E-state index in [4.69, 9.17) is 14.3 Å². The molecule has 16 heavy (non-hydrogen) atoms. The topological polar surface area (TPSA) is 89.6 Å². The Bertz CT molecular complexity index is 616. The van der Waals surface area contributed by atoms with Crippen LogP contribution in [0.15, 0.2) is 27.4 Å². The molecule has 0 aliphatic carbocycles. The first-order chi connectivity index (χ1) is 7.61. The average molecular weight is 221 g/mol. The van der Waals surface area contributed by atoms with Crippen molar-refractivity contribution in [3.8, 4) is 5.88 Å². The third-order valence-corrected chi connectivity index (χ3v) is 1.97. The van der Waals surface area contributed by atoms with Crippen molar-refractivity contribution in [2.75, 3.05) is 7.11 Å². The van der Waals surface area contributed by atoms with E-state index in [1.54, 1.807) is 0 Å². The molecule has 0 spiro atoms. The van der Waals surface area contributed by atoms with Gasteiger partial charge in [-0.2, -0.15) is 0 Å². The number of aromatic carboxylic acids is 1. The van der Waals surface area contributed by atoms with Crippen LogP contribution in [0.25, 0.3) is 11.1 Å². The highest BCUT2D eigenvalue weighted by molar-refractivity contribution is 5.86. The quantitative estimate of drug-likeness (QED) is 0.810. The highest BCUT2D eigenvalue weighted by Gasteiger charge is 2.11. The van der Waals surface area contributed by atoms with Crippen LogP contribution in [0.3, 0.4) is 0 Å². The number of nitrogens with zero attached hydrogens (tertiary/aromatic N) is 1. The van der Waals surface area contributed by atoms with Crippen molar-refractivity contribution in [2.45, 2.75) is 0 Å². The van der Waals surface area contributed by atoms with E-state index in [1.807, 2.05) is 0 Å². The SMILES string of the molecule is COc1ccc2oc(C(=O)O)cc(=O)c2n1. The number of carboxylic acids is 1. The number of ether oxygens (including phenoxy) is 1. The molecule has 2 aromatic heterocycles. The zero-order valence-electron chi connectivity index (χ0n) is 8.26. The molecule has 0 atom stereocenters. The van der Waals surface area contributed by atoms with Gasteiger partial charge in [-0.05, 0) is 6.07 Å². The minimum Gasteiger partial charge on any atom is -0.481 e. The Balaban J connectivity index is 2.76. The van der Waals surface area contributed by atoms with Crippen molar-refractivity contribution in [3.05, 3.63) is 34.2 Å². The molecule has 2 aromatic rings.